The van der Waals surface area contributed by atoms with Gasteiger partial charge in [-0.05, 0) is 30.1 Å². The first-order valence-corrected chi connectivity index (χ1v) is 7.02. The van der Waals surface area contributed by atoms with E-state index in [1.54, 1.807) is 0 Å². The van der Waals surface area contributed by atoms with Gasteiger partial charge in [-0.25, -0.2) is 0 Å². The molecule has 0 aromatic heterocycles. The molecule has 2 atom stereocenters. The van der Waals surface area contributed by atoms with Crippen LogP contribution in [0.4, 0.5) is 0 Å². The van der Waals surface area contributed by atoms with Crippen molar-refractivity contribution in [2.45, 2.75) is 71.5 Å². The van der Waals surface area contributed by atoms with E-state index in [2.05, 4.69) is 34.6 Å². The highest BCUT2D eigenvalue weighted by molar-refractivity contribution is 7.82. The molecule has 1 saturated carbocycles. The highest BCUT2D eigenvalue weighted by Gasteiger charge is 2.49. The number of hydrogen-bond donors (Lipinski definition) is 1. The first-order valence-electron chi connectivity index (χ1n) is 6.57. The second-order valence-electron chi connectivity index (χ2n) is 6.16. The van der Waals surface area contributed by atoms with E-state index in [4.69, 9.17) is 12.6 Å². The van der Waals surface area contributed by atoms with Crippen LogP contribution < -0.4 is 0 Å². The van der Waals surface area contributed by atoms with Gasteiger partial charge in [-0.15, -0.1) is 0 Å². The molecule has 0 aromatic rings. The molecular formula is C14H28S. The summed E-state index contributed by atoms with van der Waals surface area (Å²) in [5, 5.41) is 0. The molecule has 1 rings (SSSR count). The molecule has 15 heavy (non-hydrogen) atoms. The molecule has 0 heterocycles. The van der Waals surface area contributed by atoms with Gasteiger partial charge in [0, 0.05) is 4.75 Å². The maximum Gasteiger partial charge on any atom is 0.0183 e. The molecule has 0 radical (unpaired) electrons. The van der Waals surface area contributed by atoms with E-state index in [0.717, 1.165) is 11.8 Å². The van der Waals surface area contributed by atoms with Crippen molar-refractivity contribution in [2.24, 2.45) is 17.3 Å². The van der Waals surface area contributed by atoms with Gasteiger partial charge in [-0.2, -0.15) is 12.6 Å². The lowest BCUT2D eigenvalue weighted by Crippen LogP contribution is -2.50. The molecule has 0 nitrogen and oxygen atoms in total. The zero-order valence-corrected chi connectivity index (χ0v) is 12.0. The van der Waals surface area contributed by atoms with Crippen molar-refractivity contribution in [3.05, 3.63) is 0 Å². The monoisotopic (exact) mass is 228 g/mol. The summed E-state index contributed by atoms with van der Waals surface area (Å²) in [5.74, 6) is 1.60. The Balaban J connectivity index is 2.67. The lowest BCUT2D eigenvalue weighted by atomic mass is 9.58. The van der Waals surface area contributed by atoms with Crippen molar-refractivity contribution in [2.75, 3.05) is 0 Å². The summed E-state index contributed by atoms with van der Waals surface area (Å²) in [7, 11) is 0. The number of rotatable bonds is 5. The molecular weight excluding hydrogens is 200 g/mol. The Bertz CT molecular complexity index is 203. The van der Waals surface area contributed by atoms with Crippen LogP contribution in [0.1, 0.15) is 66.7 Å². The van der Waals surface area contributed by atoms with Gasteiger partial charge in [-0.3, -0.25) is 0 Å². The Hall–Kier alpha value is 0.350. The average molecular weight is 228 g/mol. The lowest BCUT2D eigenvalue weighted by Gasteiger charge is -2.54. The summed E-state index contributed by atoms with van der Waals surface area (Å²) in [6, 6.07) is 0. The van der Waals surface area contributed by atoms with Gasteiger partial charge in [-0.1, -0.05) is 53.9 Å². The maximum atomic E-state index is 4.96. The predicted octanol–water partition coefficient (Wildman–Crippen LogP) is 4.94. The third kappa shape index (κ3) is 2.38. The fourth-order valence-electron chi connectivity index (χ4n) is 3.00. The second kappa shape index (κ2) is 4.69. The Kier molecular flexibility index (Phi) is 4.20. The van der Waals surface area contributed by atoms with E-state index in [1.165, 1.54) is 32.1 Å². The largest absolute Gasteiger partial charge is 0.172 e. The summed E-state index contributed by atoms with van der Waals surface area (Å²) in [6.45, 7) is 12.0. The number of thiol groups is 1. The van der Waals surface area contributed by atoms with Crippen molar-refractivity contribution in [3.8, 4) is 0 Å². The summed E-state index contributed by atoms with van der Waals surface area (Å²) in [4.78, 5) is 0. The van der Waals surface area contributed by atoms with E-state index in [0.29, 0.717) is 10.2 Å². The minimum absolute atomic E-state index is 0.314. The van der Waals surface area contributed by atoms with Crippen molar-refractivity contribution in [1.82, 2.24) is 0 Å². The molecule has 0 spiro atoms. The van der Waals surface area contributed by atoms with Crippen LogP contribution in [0.15, 0.2) is 0 Å². The second-order valence-corrected chi connectivity index (χ2v) is 7.02. The summed E-state index contributed by atoms with van der Waals surface area (Å²) in [5.41, 5.74) is 0.378. The van der Waals surface area contributed by atoms with Gasteiger partial charge in [0.1, 0.15) is 0 Å². The molecule has 1 aliphatic carbocycles. The maximum absolute atomic E-state index is 4.96. The average Bonchev–Trinajstić information content (AvgIpc) is 2.13. The Labute approximate surface area is 102 Å². The molecule has 0 amide bonds. The van der Waals surface area contributed by atoms with E-state index in [-0.39, 0.29) is 0 Å². The third-order valence-electron chi connectivity index (χ3n) is 5.12. The Morgan fingerprint density at radius 3 is 2.13 bits per heavy atom. The molecule has 0 aliphatic heterocycles. The summed E-state index contributed by atoms with van der Waals surface area (Å²) < 4.78 is 0.314. The van der Waals surface area contributed by atoms with Crippen molar-refractivity contribution in [1.29, 1.82) is 0 Å². The first kappa shape index (κ1) is 13.4. The summed E-state index contributed by atoms with van der Waals surface area (Å²) >= 11 is 4.96. The van der Waals surface area contributed by atoms with Crippen molar-refractivity contribution in [3.63, 3.8) is 0 Å². The van der Waals surface area contributed by atoms with Crippen LogP contribution in [0, 0.1) is 17.3 Å². The standard InChI is InChI=1S/C14H28S/c1-6-8-11(2)12(3)13(4,5)14(15)9-7-10-14/h11-12,15H,6-10H2,1-5H3. The highest BCUT2D eigenvalue weighted by Crippen LogP contribution is 2.55. The van der Waals surface area contributed by atoms with Crippen molar-refractivity contribution < 1.29 is 0 Å². The Morgan fingerprint density at radius 1 is 1.27 bits per heavy atom. The van der Waals surface area contributed by atoms with Gasteiger partial charge >= 0.3 is 0 Å². The van der Waals surface area contributed by atoms with E-state index in [1.807, 2.05) is 0 Å². The zero-order chi connectivity index (χ0) is 11.7. The van der Waals surface area contributed by atoms with Crippen LogP contribution in [0.3, 0.4) is 0 Å². The van der Waals surface area contributed by atoms with Gasteiger partial charge in [0.15, 0.2) is 0 Å². The lowest BCUT2D eigenvalue weighted by molar-refractivity contribution is 0.0627. The molecule has 0 saturated heterocycles. The predicted molar refractivity (Wildman–Crippen MR) is 72.6 cm³/mol. The quantitative estimate of drug-likeness (QED) is 0.633. The topological polar surface area (TPSA) is 0 Å². The molecule has 0 aromatic carbocycles. The first-order chi connectivity index (χ1) is 6.85. The van der Waals surface area contributed by atoms with E-state index < -0.39 is 0 Å². The minimum atomic E-state index is 0.314. The van der Waals surface area contributed by atoms with Crippen LogP contribution in [-0.4, -0.2) is 4.75 Å². The SMILES string of the molecule is CCCC(C)C(C)C(C)(C)C1(S)CCC1. The van der Waals surface area contributed by atoms with Crippen LogP contribution in [0.25, 0.3) is 0 Å². The third-order valence-corrected chi connectivity index (χ3v) is 6.14. The minimum Gasteiger partial charge on any atom is -0.172 e. The van der Waals surface area contributed by atoms with Crippen molar-refractivity contribution >= 4 is 12.6 Å². The van der Waals surface area contributed by atoms with Crippen LogP contribution in [0.5, 0.6) is 0 Å². The molecule has 0 bridgehead atoms. The van der Waals surface area contributed by atoms with Crippen LogP contribution in [0.2, 0.25) is 0 Å². The number of hydrogen-bond acceptors (Lipinski definition) is 1. The highest BCUT2D eigenvalue weighted by atomic mass is 32.1. The Morgan fingerprint density at radius 2 is 1.80 bits per heavy atom. The smallest absolute Gasteiger partial charge is 0.0183 e. The summed E-state index contributed by atoms with van der Waals surface area (Å²) in [6.07, 6.45) is 6.66. The van der Waals surface area contributed by atoms with E-state index >= 15 is 0 Å². The van der Waals surface area contributed by atoms with Crippen LogP contribution in [-0.2, 0) is 0 Å². The normalized spacial score (nSPS) is 24.4. The fraction of sp³-hybridized carbons (Fsp3) is 1.00. The van der Waals surface area contributed by atoms with Gasteiger partial charge in [0.05, 0.1) is 0 Å². The molecule has 1 fully saturated rings. The molecule has 1 aliphatic rings. The van der Waals surface area contributed by atoms with Gasteiger partial charge in [0.2, 0.25) is 0 Å². The van der Waals surface area contributed by atoms with Crippen LogP contribution >= 0.6 is 12.6 Å². The van der Waals surface area contributed by atoms with E-state index in [9.17, 15) is 0 Å². The fourth-order valence-corrected chi connectivity index (χ4v) is 3.52. The molecule has 90 valence electrons. The molecule has 2 unspecified atom stereocenters. The van der Waals surface area contributed by atoms with Gasteiger partial charge < -0.3 is 0 Å². The van der Waals surface area contributed by atoms with Gasteiger partial charge in [0.25, 0.3) is 0 Å². The zero-order valence-electron chi connectivity index (χ0n) is 11.1. The molecule has 1 heteroatoms. The molecule has 0 N–H and O–H groups in total.